The Morgan fingerprint density at radius 3 is 2.48 bits per heavy atom. The van der Waals surface area contributed by atoms with Gasteiger partial charge >= 0.3 is 0 Å². The van der Waals surface area contributed by atoms with Crippen molar-refractivity contribution in [3.8, 4) is 0 Å². The number of nitrogens with one attached hydrogen (secondary N) is 1. The number of aliphatic hydroxyl groups excluding tert-OH is 1. The van der Waals surface area contributed by atoms with Crippen LogP contribution >= 0.6 is 11.3 Å². The minimum Gasteiger partial charge on any atom is -0.397 e. The third kappa shape index (κ3) is 6.55. The molecular weight excluding hydrogens is 548 g/mol. The Balaban J connectivity index is 1.15. The van der Waals surface area contributed by atoms with Crippen LogP contribution in [0.1, 0.15) is 95.6 Å². The Kier molecular flexibility index (Phi) is 9.65. The van der Waals surface area contributed by atoms with Crippen molar-refractivity contribution in [1.82, 2.24) is 15.2 Å². The predicted molar refractivity (Wildman–Crippen MR) is 170 cm³/mol. The zero-order chi connectivity index (χ0) is 29.8. The van der Waals surface area contributed by atoms with Crippen LogP contribution in [-0.2, 0) is 6.42 Å². The average molecular weight is 593 g/mol. The van der Waals surface area contributed by atoms with Crippen molar-refractivity contribution in [3.63, 3.8) is 0 Å². The third-order valence-corrected chi connectivity index (χ3v) is 10.0. The molecule has 226 valence electrons. The number of fused-ring (bicyclic) bond motifs is 1. The van der Waals surface area contributed by atoms with Crippen molar-refractivity contribution in [2.24, 2.45) is 5.73 Å². The second kappa shape index (κ2) is 13.4. The number of carbonyl (C=O) groups excluding carboxylic acids is 2. The maximum atomic E-state index is 13.0. The number of thiophene rings is 1. The molecule has 6 N–H and O–H groups in total. The number of aromatic nitrogens is 1. The van der Waals surface area contributed by atoms with Crippen molar-refractivity contribution in [2.45, 2.75) is 82.9 Å². The molecule has 3 aromatic rings. The van der Waals surface area contributed by atoms with Gasteiger partial charge in [-0.2, -0.15) is 0 Å². The fraction of sp³-hybridized carbons (Fsp3) is 0.531. The molecule has 2 amide bonds. The SMILES string of the molecule is CCCc1cc(N2CCC(NCC(O)c3ccc(C(=O)N(C)C4CCCCC4)cc3)CC2)nc2sc(C(N)=O)c(N)c12. The molecule has 9 nitrogen and oxygen atoms in total. The van der Waals surface area contributed by atoms with E-state index in [9.17, 15) is 14.7 Å². The lowest BCUT2D eigenvalue weighted by molar-refractivity contribution is 0.0696. The summed E-state index contributed by atoms with van der Waals surface area (Å²) < 4.78 is 0. The molecule has 1 saturated heterocycles. The largest absolute Gasteiger partial charge is 0.397 e. The van der Waals surface area contributed by atoms with Crippen molar-refractivity contribution >= 4 is 44.9 Å². The van der Waals surface area contributed by atoms with E-state index in [0.29, 0.717) is 34.8 Å². The molecule has 1 aliphatic carbocycles. The van der Waals surface area contributed by atoms with E-state index in [1.165, 1.54) is 30.6 Å². The summed E-state index contributed by atoms with van der Waals surface area (Å²) in [5.41, 5.74) is 14.9. The Hall–Kier alpha value is -3.21. The van der Waals surface area contributed by atoms with Gasteiger partial charge in [-0.05, 0) is 61.4 Å². The minimum absolute atomic E-state index is 0.0548. The van der Waals surface area contributed by atoms with Crippen LogP contribution in [-0.4, -0.2) is 65.6 Å². The summed E-state index contributed by atoms with van der Waals surface area (Å²) in [6, 6.07) is 10.1. The summed E-state index contributed by atoms with van der Waals surface area (Å²) in [6.45, 7) is 4.26. The number of nitrogen functional groups attached to an aromatic ring is 1. The molecule has 1 aliphatic heterocycles. The molecule has 3 heterocycles. The number of amides is 2. The highest BCUT2D eigenvalue weighted by Gasteiger charge is 2.25. The number of pyridine rings is 1. The van der Waals surface area contributed by atoms with Gasteiger partial charge in [-0.3, -0.25) is 9.59 Å². The molecule has 2 aliphatic rings. The van der Waals surface area contributed by atoms with E-state index in [1.807, 2.05) is 36.2 Å². The first-order valence-electron chi connectivity index (χ1n) is 15.3. The van der Waals surface area contributed by atoms with Crippen LogP contribution in [0, 0.1) is 0 Å². The number of aryl methyl sites for hydroxylation is 1. The minimum atomic E-state index is -0.646. The highest BCUT2D eigenvalue weighted by molar-refractivity contribution is 7.21. The Labute approximate surface area is 252 Å². The van der Waals surface area contributed by atoms with E-state index in [1.54, 1.807) is 0 Å². The standard InChI is InChI=1S/C32H44N6O3S/c1-3-7-22-18-26(36-31-27(22)28(33)29(42-31)30(34)40)38-16-14-23(15-17-38)35-19-25(39)20-10-12-21(13-11-20)32(41)37(2)24-8-5-4-6-9-24/h10-13,18,23-25,35,39H,3-9,14-17,19,33H2,1-2H3,(H2,34,40). The Morgan fingerprint density at radius 2 is 1.83 bits per heavy atom. The number of carbonyl (C=O) groups is 2. The quantitative estimate of drug-likeness (QED) is 0.269. The lowest BCUT2D eigenvalue weighted by Gasteiger charge is -2.34. The van der Waals surface area contributed by atoms with E-state index < -0.39 is 12.0 Å². The highest BCUT2D eigenvalue weighted by atomic mass is 32.1. The van der Waals surface area contributed by atoms with E-state index in [2.05, 4.69) is 23.2 Å². The lowest BCUT2D eigenvalue weighted by atomic mass is 9.94. The van der Waals surface area contributed by atoms with Gasteiger partial charge < -0.3 is 31.7 Å². The maximum absolute atomic E-state index is 13.0. The zero-order valence-electron chi connectivity index (χ0n) is 24.8. The highest BCUT2D eigenvalue weighted by Crippen LogP contribution is 2.37. The van der Waals surface area contributed by atoms with Crippen molar-refractivity contribution < 1.29 is 14.7 Å². The predicted octanol–water partition coefficient (Wildman–Crippen LogP) is 4.63. The number of nitrogens with zero attached hydrogens (tertiary/aromatic N) is 3. The molecule has 42 heavy (non-hydrogen) atoms. The lowest BCUT2D eigenvalue weighted by Crippen LogP contribution is -2.44. The summed E-state index contributed by atoms with van der Waals surface area (Å²) in [7, 11) is 1.91. The van der Waals surface area contributed by atoms with Crippen LogP contribution < -0.4 is 21.7 Å². The number of hydrogen-bond donors (Lipinski definition) is 4. The summed E-state index contributed by atoms with van der Waals surface area (Å²) in [5.74, 6) is 0.449. The number of primary amides is 1. The number of anilines is 2. The summed E-state index contributed by atoms with van der Waals surface area (Å²) in [4.78, 5) is 35.0. The summed E-state index contributed by atoms with van der Waals surface area (Å²) in [6.07, 6.45) is 8.83. The van der Waals surface area contributed by atoms with Gasteiger partial charge in [0.15, 0.2) is 0 Å². The first kappa shape index (κ1) is 30.3. The molecule has 10 heteroatoms. The van der Waals surface area contributed by atoms with Crippen LogP contribution in [0.15, 0.2) is 30.3 Å². The van der Waals surface area contributed by atoms with E-state index in [4.69, 9.17) is 16.5 Å². The van der Waals surface area contributed by atoms with Crippen LogP contribution in [0.2, 0.25) is 0 Å². The molecule has 1 aromatic carbocycles. The van der Waals surface area contributed by atoms with Crippen LogP contribution in [0.3, 0.4) is 0 Å². The maximum Gasteiger partial charge on any atom is 0.260 e. The number of benzene rings is 1. The topological polar surface area (TPSA) is 138 Å². The first-order chi connectivity index (χ1) is 20.3. The molecule has 0 bridgehead atoms. The van der Waals surface area contributed by atoms with E-state index >= 15 is 0 Å². The Morgan fingerprint density at radius 1 is 1.14 bits per heavy atom. The van der Waals surface area contributed by atoms with Gasteiger partial charge in [-0.1, -0.05) is 44.7 Å². The van der Waals surface area contributed by atoms with E-state index in [-0.39, 0.29) is 5.91 Å². The van der Waals surface area contributed by atoms with Gasteiger partial charge in [0.25, 0.3) is 11.8 Å². The van der Waals surface area contributed by atoms with Crippen molar-refractivity contribution in [1.29, 1.82) is 0 Å². The van der Waals surface area contributed by atoms with Crippen LogP contribution in [0.5, 0.6) is 0 Å². The fourth-order valence-corrected chi connectivity index (χ4v) is 7.38. The summed E-state index contributed by atoms with van der Waals surface area (Å²) >= 11 is 1.27. The fourth-order valence-electron chi connectivity index (χ4n) is 6.39. The average Bonchev–Trinajstić information content (AvgIpc) is 3.36. The number of nitrogens with two attached hydrogens (primary N) is 2. The van der Waals surface area contributed by atoms with Crippen molar-refractivity contribution in [3.05, 3.63) is 51.9 Å². The molecule has 5 rings (SSSR count). The number of piperidine rings is 1. The number of hydrogen-bond acceptors (Lipinski definition) is 8. The van der Waals surface area contributed by atoms with Crippen LogP contribution in [0.4, 0.5) is 11.5 Å². The summed E-state index contributed by atoms with van der Waals surface area (Å²) in [5, 5.41) is 15.2. The molecule has 0 radical (unpaired) electrons. The molecule has 0 spiro atoms. The van der Waals surface area contributed by atoms with Gasteiger partial charge in [0.2, 0.25) is 0 Å². The number of rotatable bonds is 10. The van der Waals surface area contributed by atoms with Gasteiger partial charge in [0.1, 0.15) is 15.5 Å². The number of aliphatic hydroxyl groups is 1. The zero-order valence-corrected chi connectivity index (χ0v) is 25.6. The monoisotopic (exact) mass is 592 g/mol. The molecule has 2 fully saturated rings. The first-order valence-corrected chi connectivity index (χ1v) is 16.1. The van der Waals surface area contributed by atoms with Gasteiger partial charge in [0.05, 0.1) is 11.8 Å². The molecule has 1 saturated carbocycles. The molecule has 1 atom stereocenters. The molecule has 1 unspecified atom stereocenters. The second-order valence-electron chi connectivity index (χ2n) is 11.8. The smallest absolute Gasteiger partial charge is 0.260 e. The van der Waals surface area contributed by atoms with Crippen LogP contribution in [0.25, 0.3) is 10.2 Å². The normalized spacial score (nSPS) is 17.5. The van der Waals surface area contributed by atoms with E-state index in [0.717, 1.165) is 78.8 Å². The second-order valence-corrected chi connectivity index (χ2v) is 12.8. The Bertz CT molecular complexity index is 1390. The van der Waals surface area contributed by atoms with Gasteiger partial charge in [-0.15, -0.1) is 11.3 Å². The third-order valence-electron chi connectivity index (χ3n) is 8.91. The molecule has 2 aromatic heterocycles. The molecular formula is C32H44N6O3S. The van der Waals surface area contributed by atoms with Crippen molar-refractivity contribution in [2.75, 3.05) is 37.3 Å². The van der Waals surface area contributed by atoms with Gasteiger partial charge in [-0.25, -0.2) is 4.98 Å². The van der Waals surface area contributed by atoms with Gasteiger partial charge in [0, 0.05) is 49.7 Å².